The van der Waals surface area contributed by atoms with Crippen LogP contribution in [0.2, 0.25) is 0 Å². The first-order valence-electron chi connectivity index (χ1n) is 10.0. The molecular formula is C21H33N3O2. The molecule has 144 valence electrons. The van der Waals surface area contributed by atoms with E-state index in [1.54, 1.807) is 0 Å². The molecule has 0 aliphatic carbocycles. The zero-order valence-electron chi connectivity index (χ0n) is 16.2. The van der Waals surface area contributed by atoms with E-state index >= 15 is 0 Å². The number of rotatable bonds is 6. The number of hydrogen-bond donors (Lipinski definition) is 1. The number of morpholine rings is 1. The number of amides is 1. The van der Waals surface area contributed by atoms with Gasteiger partial charge in [-0.15, -0.1) is 0 Å². The molecule has 1 N–H and O–H groups in total. The van der Waals surface area contributed by atoms with Crippen molar-refractivity contribution in [3.8, 4) is 0 Å². The van der Waals surface area contributed by atoms with E-state index in [-0.39, 0.29) is 5.91 Å². The fraction of sp³-hybridized carbons (Fsp3) is 0.667. The lowest BCUT2D eigenvalue weighted by atomic mass is 9.92. The molecule has 26 heavy (non-hydrogen) atoms. The van der Waals surface area contributed by atoms with Crippen LogP contribution in [0.3, 0.4) is 0 Å². The van der Waals surface area contributed by atoms with E-state index in [2.05, 4.69) is 29.0 Å². The molecule has 5 nitrogen and oxygen atoms in total. The molecule has 0 unspecified atom stereocenters. The average Bonchev–Trinajstić information content (AvgIpc) is 2.65. The van der Waals surface area contributed by atoms with Crippen molar-refractivity contribution in [3.05, 3.63) is 29.8 Å². The number of benzene rings is 1. The monoisotopic (exact) mass is 359 g/mol. The van der Waals surface area contributed by atoms with E-state index in [0.29, 0.717) is 0 Å². The summed E-state index contributed by atoms with van der Waals surface area (Å²) >= 11 is 0. The minimum Gasteiger partial charge on any atom is -0.378 e. The SMILES string of the molecule is C[C@H]1C[C@H](C)CN(CCCNC(=O)c2ccc(N3CCOCC3)cc2)C1. The Kier molecular flexibility index (Phi) is 6.92. The van der Waals surface area contributed by atoms with Gasteiger partial charge in [-0.1, -0.05) is 13.8 Å². The molecule has 0 radical (unpaired) electrons. The predicted molar refractivity (Wildman–Crippen MR) is 106 cm³/mol. The molecule has 1 amide bonds. The Morgan fingerprint density at radius 3 is 2.42 bits per heavy atom. The third kappa shape index (κ3) is 5.45. The van der Waals surface area contributed by atoms with Crippen LogP contribution in [0.25, 0.3) is 0 Å². The van der Waals surface area contributed by atoms with Gasteiger partial charge >= 0.3 is 0 Å². The van der Waals surface area contributed by atoms with Gasteiger partial charge in [0.2, 0.25) is 0 Å². The maximum absolute atomic E-state index is 12.3. The van der Waals surface area contributed by atoms with Gasteiger partial charge in [0.25, 0.3) is 5.91 Å². The lowest BCUT2D eigenvalue weighted by Crippen LogP contribution is -2.40. The van der Waals surface area contributed by atoms with Crippen LogP contribution < -0.4 is 10.2 Å². The Morgan fingerprint density at radius 1 is 1.12 bits per heavy atom. The summed E-state index contributed by atoms with van der Waals surface area (Å²) in [4.78, 5) is 17.2. The maximum Gasteiger partial charge on any atom is 0.251 e. The summed E-state index contributed by atoms with van der Waals surface area (Å²) in [6, 6.07) is 7.93. The molecule has 1 aromatic rings. The second-order valence-electron chi connectivity index (χ2n) is 7.96. The number of anilines is 1. The first-order valence-corrected chi connectivity index (χ1v) is 10.0. The van der Waals surface area contributed by atoms with Crippen LogP contribution in [0, 0.1) is 11.8 Å². The summed E-state index contributed by atoms with van der Waals surface area (Å²) in [7, 11) is 0. The number of piperidine rings is 1. The number of ether oxygens (including phenoxy) is 1. The Bertz CT molecular complexity index is 559. The highest BCUT2D eigenvalue weighted by Crippen LogP contribution is 2.20. The third-order valence-electron chi connectivity index (χ3n) is 5.39. The molecule has 2 aliphatic heterocycles. The fourth-order valence-corrected chi connectivity index (χ4v) is 4.23. The molecule has 1 aromatic carbocycles. The van der Waals surface area contributed by atoms with Crippen molar-refractivity contribution in [1.82, 2.24) is 10.2 Å². The Hall–Kier alpha value is -1.59. The van der Waals surface area contributed by atoms with Crippen molar-refractivity contribution in [2.75, 3.05) is 57.4 Å². The van der Waals surface area contributed by atoms with E-state index in [4.69, 9.17) is 4.74 Å². The number of carbonyl (C=O) groups is 1. The number of likely N-dealkylation sites (tertiary alicyclic amines) is 1. The Labute approximate surface area is 157 Å². The molecule has 0 spiro atoms. The molecule has 2 atom stereocenters. The minimum absolute atomic E-state index is 0.0268. The van der Waals surface area contributed by atoms with Gasteiger partial charge in [-0.05, 0) is 55.5 Å². The Balaban J connectivity index is 1.39. The highest BCUT2D eigenvalue weighted by atomic mass is 16.5. The minimum atomic E-state index is 0.0268. The number of nitrogens with one attached hydrogen (secondary N) is 1. The molecule has 0 bridgehead atoms. The van der Waals surface area contributed by atoms with E-state index in [0.717, 1.165) is 68.9 Å². The second-order valence-corrected chi connectivity index (χ2v) is 7.96. The van der Waals surface area contributed by atoms with Gasteiger partial charge in [-0.3, -0.25) is 4.79 Å². The quantitative estimate of drug-likeness (QED) is 0.793. The molecule has 2 heterocycles. The van der Waals surface area contributed by atoms with Crippen molar-refractivity contribution >= 4 is 11.6 Å². The molecule has 5 heteroatoms. The fourth-order valence-electron chi connectivity index (χ4n) is 4.23. The van der Waals surface area contributed by atoms with Crippen molar-refractivity contribution in [1.29, 1.82) is 0 Å². The van der Waals surface area contributed by atoms with Gasteiger partial charge in [-0.2, -0.15) is 0 Å². The zero-order chi connectivity index (χ0) is 18.4. The van der Waals surface area contributed by atoms with Crippen LogP contribution in [-0.2, 0) is 4.74 Å². The van der Waals surface area contributed by atoms with Gasteiger partial charge in [0.1, 0.15) is 0 Å². The smallest absolute Gasteiger partial charge is 0.251 e. The lowest BCUT2D eigenvalue weighted by molar-refractivity contribution is 0.0947. The van der Waals surface area contributed by atoms with Gasteiger partial charge in [0.15, 0.2) is 0 Å². The maximum atomic E-state index is 12.3. The van der Waals surface area contributed by atoms with Crippen LogP contribution in [0.15, 0.2) is 24.3 Å². The van der Waals surface area contributed by atoms with E-state index < -0.39 is 0 Å². The van der Waals surface area contributed by atoms with Gasteiger partial charge < -0.3 is 19.9 Å². The molecule has 2 saturated heterocycles. The summed E-state index contributed by atoms with van der Waals surface area (Å²) in [5.74, 6) is 1.61. The molecular weight excluding hydrogens is 326 g/mol. The largest absolute Gasteiger partial charge is 0.378 e. The average molecular weight is 360 g/mol. The van der Waals surface area contributed by atoms with E-state index in [1.165, 1.54) is 19.5 Å². The summed E-state index contributed by atoms with van der Waals surface area (Å²) in [5, 5.41) is 3.06. The first-order chi connectivity index (χ1) is 12.6. The number of nitrogens with zero attached hydrogens (tertiary/aromatic N) is 2. The molecule has 0 aromatic heterocycles. The zero-order valence-corrected chi connectivity index (χ0v) is 16.2. The summed E-state index contributed by atoms with van der Waals surface area (Å²) in [6.45, 7) is 12.3. The van der Waals surface area contributed by atoms with Crippen molar-refractivity contribution < 1.29 is 9.53 Å². The number of hydrogen-bond acceptors (Lipinski definition) is 4. The van der Waals surface area contributed by atoms with Crippen LogP contribution in [0.1, 0.15) is 37.0 Å². The molecule has 2 aliphatic rings. The summed E-state index contributed by atoms with van der Waals surface area (Å²) < 4.78 is 5.38. The highest BCUT2D eigenvalue weighted by Gasteiger charge is 2.21. The Morgan fingerprint density at radius 2 is 1.77 bits per heavy atom. The third-order valence-corrected chi connectivity index (χ3v) is 5.39. The summed E-state index contributed by atoms with van der Waals surface area (Å²) in [6.07, 6.45) is 2.35. The summed E-state index contributed by atoms with van der Waals surface area (Å²) in [5.41, 5.74) is 1.90. The topological polar surface area (TPSA) is 44.8 Å². The van der Waals surface area contributed by atoms with Gasteiger partial charge in [-0.25, -0.2) is 0 Å². The van der Waals surface area contributed by atoms with Crippen LogP contribution in [0.4, 0.5) is 5.69 Å². The van der Waals surface area contributed by atoms with Gasteiger partial charge in [0, 0.05) is 44.0 Å². The molecule has 0 saturated carbocycles. The second kappa shape index (κ2) is 9.38. The van der Waals surface area contributed by atoms with E-state index in [1.807, 2.05) is 24.3 Å². The van der Waals surface area contributed by atoms with Crippen LogP contribution in [0.5, 0.6) is 0 Å². The van der Waals surface area contributed by atoms with Crippen molar-refractivity contribution in [2.24, 2.45) is 11.8 Å². The lowest BCUT2D eigenvalue weighted by Gasteiger charge is -2.34. The van der Waals surface area contributed by atoms with Crippen LogP contribution >= 0.6 is 0 Å². The van der Waals surface area contributed by atoms with Crippen LogP contribution in [-0.4, -0.2) is 63.3 Å². The highest BCUT2D eigenvalue weighted by molar-refractivity contribution is 5.94. The predicted octanol–water partition coefficient (Wildman–Crippen LogP) is 2.62. The van der Waals surface area contributed by atoms with Crippen molar-refractivity contribution in [3.63, 3.8) is 0 Å². The van der Waals surface area contributed by atoms with Crippen molar-refractivity contribution in [2.45, 2.75) is 26.7 Å². The standard InChI is InChI=1S/C21H33N3O2/c1-17-14-18(2)16-23(15-17)9-3-8-22-21(25)19-4-6-20(7-5-19)24-10-12-26-13-11-24/h4-7,17-18H,3,8-16H2,1-2H3,(H,22,25)/t17-,18-/m0/s1. The molecule has 3 rings (SSSR count). The van der Waals surface area contributed by atoms with Gasteiger partial charge in [0.05, 0.1) is 13.2 Å². The number of carbonyl (C=O) groups excluding carboxylic acids is 1. The molecule has 2 fully saturated rings. The first kappa shape index (κ1) is 19.2. The normalized spacial score (nSPS) is 24.5. The van der Waals surface area contributed by atoms with E-state index in [9.17, 15) is 4.79 Å².